The maximum absolute atomic E-state index is 13.0. The van der Waals surface area contributed by atoms with Crippen molar-refractivity contribution in [1.82, 2.24) is 4.90 Å². The van der Waals surface area contributed by atoms with Crippen LogP contribution in [0.2, 0.25) is 0 Å². The molecule has 1 aliphatic rings. The first kappa shape index (κ1) is 17.3. The van der Waals surface area contributed by atoms with Crippen LogP contribution >= 0.6 is 0 Å². The van der Waals surface area contributed by atoms with E-state index in [1.54, 1.807) is 0 Å². The fraction of sp³-hybridized carbons (Fsp3) is 0.208. The number of carbonyl (C=O) groups is 1. The molecule has 0 N–H and O–H groups in total. The molecule has 0 unspecified atom stereocenters. The van der Waals surface area contributed by atoms with E-state index in [0.29, 0.717) is 13.1 Å². The lowest BCUT2D eigenvalue weighted by molar-refractivity contribution is 0.0724. The Kier molecular flexibility index (Phi) is 4.93. The van der Waals surface area contributed by atoms with E-state index in [-0.39, 0.29) is 12.0 Å². The van der Waals surface area contributed by atoms with Gasteiger partial charge in [0.05, 0.1) is 0 Å². The summed E-state index contributed by atoms with van der Waals surface area (Å²) in [5, 5.41) is 0. The molecular formula is C24H23NO2. The lowest BCUT2D eigenvalue weighted by Crippen LogP contribution is -2.37. The van der Waals surface area contributed by atoms with Gasteiger partial charge in [-0.15, -0.1) is 0 Å². The van der Waals surface area contributed by atoms with E-state index in [0.717, 1.165) is 34.4 Å². The predicted molar refractivity (Wildman–Crippen MR) is 107 cm³/mol. The molecule has 3 aromatic rings. The van der Waals surface area contributed by atoms with Crippen LogP contribution in [0.25, 0.3) is 0 Å². The molecule has 1 aliphatic heterocycles. The number of hydrogen-bond acceptors (Lipinski definition) is 2. The second kappa shape index (κ2) is 7.67. The van der Waals surface area contributed by atoms with E-state index >= 15 is 0 Å². The number of amides is 1. The average Bonchev–Trinajstić information content (AvgIpc) is 2.72. The largest absolute Gasteiger partial charge is 0.486 e. The van der Waals surface area contributed by atoms with Gasteiger partial charge in [-0.2, -0.15) is 0 Å². The lowest BCUT2D eigenvalue weighted by Gasteiger charge is -2.30. The van der Waals surface area contributed by atoms with Gasteiger partial charge in [0.2, 0.25) is 0 Å². The smallest absolute Gasteiger partial charge is 0.254 e. The first-order valence-corrected chi connectivity index (χ1v) is 9.39. The fourth-order valence-corrected chi connectivity index (χ4v) is 3.59. The zero-order chi connectivity index (χ0) is 18.6. The van der Waals surface area contributed by atoms with Crippen LogP contribution in [0.15, 0.2) is 78.9 Å². The highest BCUT2D eigenvalue weighted by Gasteiger charge is 2.27. The summed E-state index contributed by atoms with van der Waals surface area (Å²) in [4.78, 5) is 14.9. The van der Waals surface area contributed by atoms with E-state index < -0.39 is 0 Å². The first-order valence-electron chi connectivity index (χ1n) is 9.39. The molecule has 3 aromatic carbocycles. The second-order valence-corrected chi connectivity index (χ2v) is 6.92. The summed E-state index contributed by atoms with van der Waals surface area (Å²) >= 11 is 0. The number of carbonyl (C=O) groups excluding carboxylic acids is 1. The Bertz CT molecular complexity index is 922. The summed E-state index contributed by atoms with van der Waals surface area (Å²) in [5.41, 5.74) is 4.06. The molecular weight excluding hydrogens is 334 g/mol. The van der Waals surface area contributed by atoms with Gasteiger partial charge in [-0.1, -0.05) is 66.7 Å². The van der Waals surface area contributed by atoms with Gasteiger partial charge in [0, 0.05) is 24.2 Å². The van der Waals surface area contributed by atoms with Crippen LogP contribution in [0, 0.1) is 0 Å². The summed E-state index contributed by atoms with van der Waals surface area (Å²) in [6.45, 7) is 3.40. The van der Waals surface area contributed by atoms with E-state index in [4.69, 9.17) is 4.74 Å². The molecule has 136 valence electrons. The maximum Gasteiger partial charge on any atom is 0.254 e. The molecule has 27 heavy (non-hydrogen) atoms. The molecule has 3 heteroatoms. The number of nitrogens with zero attached hydrogens (tertiary/aromatic N) is 1. The van der Waals surface area contributed by atoms with Crippen molar-refractivity contribution in [1.29, 1.82) is 0 Å². The highest BCUT2D eigenvalue weighted by Crippen LogP contribution is 2.31. The van der Waals surface area contributed by atoms with Crippen LogP contribution in [0.1, 0.15) is 40.1 Å². The van der Waals surface area contributed by atoms with E-state index in [2.05, 4.69) is 24.3 Å². The van der Waals surface area contributed by atoms with Gasteiger partial charge in [0.25, 0.3) is 5.91 Å². The fourth-order valence-electron chi connectivity index (χ4n) is 3.59. The first-order chi connectivity index (χ1) is 13.2. The van der Waals surface area contributed by atoms with Crippen LogP contribution in [0.5, 0.6) is 5.75 Å². The number of benzene rings is 3. The molecule has 0 fully saturated rings. The quantitative estimate of drug-likeness (QED) is 0.641. The van der Waals surface area contributed by atoms with Crippen molar-refractivity contribution in [2.24, 2.45) is 0 Å². The summed E-state index contributed by atoms with van der Waals surface area (Å²) in [5.74, 6) is 0.898. The van der Waals surface area contributed by atoms with Gasteiger partial charge in [-0.05, 0) is 36.6 Å². The molecule has 1 amide bonds. The third-order valence-electron chi connectivity index (χ3n) is 5.07. The Labute approximate surface area is 160 Å². The molecule has 0 bridgehead atoms. The predicted octanol–water partition coefficient (Wildman–Crippen LogP) is 5.03. The standard InChI is InChI=1S/C24H23NO2/c1-18(20-11-6-3-7-12-20)27-23-14-8-13-22-21(23)15-16-25(24(22)26)17-19-9-4-2-5-10-19/h2-14,18H,15-17H2,1H3/t18-/m0/s1. The summed E-state index contributed by atoms with van der Waals surface area (Å²) in [7, 11) is 0. The number of rotatable bonds is 5. The topological polar surface area (TPSA) is 29.5 Å². The highest BCUT2D eigenvalue weighted by atomic mass is 16.5. The molecule has 0 spiro atoms. The molecule has 0 aliphatic carbocycles. The van der Waals surface area contributed by atoms with Crippen molar-refractivity contribution in [2.45, 2.75) is 26.0 Å². The van der Waals surface area contributed by atoms with Crippen molar-refractivity contribution >= 4 is 5.91 Å². The van der Waals surface area contributed by atoms with Crippen molar-refractivity contribution in [3.05, 3.63) is 101 Å². The average molecular weight is 357 g/mol. The molecule has 0 saturated heterocycles. The van der Waals surface area contributed by atoms with Gasteiger partial charge >= 0.3 is 0 Å². The minimum absolute atomic E-state index is 0.0600. The minimum Gasteiger partial charge on any atom is -0.486 e. The number of fused-ring (bicyclic) bond motifs is 1. The normalized spacial score (nSPS) is 14.6. The number of ether oxygens (including phenoxy) is 1. The monoisotopic (exact) mass is 357 g/mol. The van der Waals surface area contributed by atoms with Gasteiger partial charge in [-0.3, -0.25) is 4.79 Å². The molecule has 3 nitrogen and oxygen atoms in total. The Balaban J connectivity index is 1.55. The summed E-state index contributed by atoms with van der Waals surface area (Å²) in [6, 6.07) is 26.1. The molecule has 1 atom stereocenters. The Morgan fingerprint density at radius 1 is 0.926 bits per heavy atom. The van der Waals surface area contributed by atoms with Crippen molar-refractivity contribution < 1.29 is 9.53 Å². The van der Waals surface area contributed by atoms with E-state index in [1.807, 2.05) is 66.4 Å². The maximum atomic E-state index is 13.0. The summed E-state index contributed by atoms with van der Waals surface area (Å²) < 4.78 is 6.23. The number of hydrogen-bond donors (Lipinski definition) is 0. The Morgan fingerprint density at radius 2 is 1.63 bits per heavy atom. The SMILES string of the molecule is C[C@H](Oc1cccc2c1CCN(Cc1ccccc1)C2=O)c1ccccc1. The zero-order valence-electron chi connectivity index (χ0n) is 15.5. The van der Waals surface area contributed by atoms with Crippen molar-refractivity contribution in [3.63, 3.8) is 0 Å². The Morgan fingerprint density at radius 3 is 2.37 bits per heavy atom. The molecule has 0 radical (unpaired) electrons. The van der Waals surface area contributed by atoms with Crippen LogP contribution < -0.4 is 4.74 Å². The van der Waals surface area contributed by atoms with Gasteiger partial charge in [-0.25, -0.2) is 0 Å². The van der Waals surface area contributed by atoms with E-state index in [9.17, 15) is 4.79 Å². The molecule has 4 rings (SSSR count). The van der Waals surface area contributed by atoms with Crippen molar-refractivity contribution in [2.75, 3.05) is 6.54 Å². The summed E-state index contributed by atoms with van der Waals surface area (Å²) in [6.07, 6.45) is 0.751. The van der Waals surface area contributed by atoms with Crippen LogP contribution in [-0.4, -0.2) is 17.4 Å². The third-order valence-corrected chi connectivity index (χ3v) is 5.07. The second-order valence-electron chi connectivity index (χ2n) is 6.92. The minimum atomic E-state index is -0.0600. The van der Waals surface area contributed by atoms with Crippen LogP contribution in [0.4, 0.5) is 0 Å². The molecule has 1 heterocycles. The van der Waals surface area contributed by atoms with Gasteiger partial charge in [0.15, 0.2) is 0 Å². The van der Waals surface area contributed by atoms with Gasteiger partial charge in [0.1, 0.15) is 11.9 Å². The lowest BCUT2D eigenvalue weighted by atomic mass is 9.97. The zero-order valence-corrected chi connectivity index (χ0v) is 15.5. The van der Waals surface area contributed by atoms with E-state index in [1.165, 1.54) is 0 Å². The van der Waals surface area contributed by atoms with Crippen molar-refractivity contribution in [3.8, 4) is 5.75 Å². The molecule has 0 saturated carbocycles. The van der Waals surface area contributed by atoms with Crippen LogP contribution in [0.3, 0.4) is 0 Å². The third kappa shape index (κ3) is 3.72. The highest BCUT2D eigenvalue weighted by molar-refractivity contribution is 5.97. The molecule has 0 aromatic heterocycles. The van der Waals surface area contributed by atoms with Crippen LogP contribution in [-0.2, 0) is 13.0 Å². The van der Waals surface area contributed by atoms with Gasteiger partial charge < -0.3 is 9.64 Å². The Hall–Kier alpha value is -3.07.